The number of benzene rings is 1. The van der Waals surface area contributed by atoms with Gasteiger partial charge in [0.1, 0.15) is 18.0 Å². The summed E-state index contributed by atoms with van der Waals surface area (Å²) in [5.41, 5.74) is 0.600. The van der Waals surface area contributed by atoms with Gasteiger partial charge in [-0.15, -0.1) is 0 Å². The average Bonchev–Trinajstić information content (AvgIpc) is 2.87. The third-order valence-corrected chi connectivity index (χ3v) is 3.46. The first-order valence-corrected chi connectivity index (χ1v) is 6.43. The SMILES string of the molecule is O=C1C[C@@H](c2ccc(O)cc2)[C@@H](C(=O)[C@H](O)[C@@H](O)CO)O1. The molecule has 0 unspecified atom stereocenters. The van der Waals surface area contributed by atoms with Crippen LogP contribution in [0.4, 0.5) is 0 Å². The fourth-order valence-electron chi connectivity index (χ4n) is 2.29. The van der Waals surface area contributed by atoms with Crippen molar-refractivity contribution in [2.75, 3.05) is 6.61 Å². The van der Waals surface area contributed by atoms with E-state index in [9.17, 15) is 24.9 Å². The molecule has 0 saturated carbocycles. The third-order valence-electron chi connectivity index (χ3n) is 3.46. The molecule has 21 heavy (non-hydrogen) atoms. The lowest BCUT2D eigenvalue weighted by Crippen LogP contribution is -2.43. The topological polar surface area (TPSA) is 124 Å². The van der Waals surface area contributed by atoms with E-state index in [1.165, 1.54) is 12.1 Å². The largest absolute Gasteiger partial charge is 0.508 e. The Morgan fingerprint density at radius 2 is 1.90 bits per heavy atom. The molecular weight excluding hydrogens is 280 g/mol. The van der Waals surface area contributed by atoms with Gasteiger partial charge in [0.05, 0.1) is 13.0 Å². The zero-order valence-electron chi connectivity index (χ0n) is 11.0. The summed E-state index contributed by atoms with van der Waals surface area (Å²) in [7, 11) is 0. The molecule has 0 aromatic heterocycles. The maximum atomic E-state index is 12.1. The summed E-state index contributed by atoms with van der Waals surface area (Å²) in [6.07, 6.45) is -4.72. The molecule has 7 heteroatoms. The van der Waals surface area contributed by atoms with Gasteiger partial charge < -0.3 is 25.2 Å². The Kier molecular flexibility index (Phi) is 4.56. The van der Waals surface area contributed by atoms with Crippen molar-refractivity contribution in [1.29, 1.82) is 0 Å². The van der Waals surface area contributed by atoms with Gasteiger partial charge in [-0.3, -0.25) is 9.59 Å². The number of carbonyl (C=O) groups excluding carboxylic acids is 2. The predicted octanol–water partition coefficient (Wildman–Crippen LogP) is -0.925. The summed E-state index contributed by atoms with van der Waals surface area (Å²) in [4.78, 5) is 23.5. The van der Waals surface area contributed by atoms with Crippen LogP contribution < -0.4 is 0 Å². The molecule has 2 rings (SSSR count). The van der Waals surface area contributed by atoms with E-state index in [0.717, 1.165) is 0 Å². The fraction of sp³-hybridized carbons (Fsp3) is 0.429. The molecule has 7 nitrogen and oxygen atoms in total. The maximum absolute atomic E-state index is 12.1. The van der Waals surface area contributed by atoms with Gasteiger partial charge in [0.2, 0.25) is 5.78 Å². The predicted molar refractivity (Wildman–Crippen MR) is 69.5 cm³/mol. The normalized spacial score (nSPS) is 24.4. The molecule has 0 bridgehead atoms. The monoisotopic (exact) mass is 296 g/mol. The van der Waals surface area contributed by atoms with Crippen molar-refractivity contribution in [3.05, 3.63) is 29.8 Å². The smallest absolute Gasteiger partial charge is 0.307 e. The van der Waals surface area contributed by atoms with Crippen molar-refractivity contribution >= 4 is 11.8 Å². The lowest BCUT2D eigenvalue weighted by Gasteiger charge is -2.21. The van der Waals surface area contributed by atoms with Crippen molar-refractivity contribution in [2.24, 2.45) is 0 Å². The molecule has 1 heterocycles. The summed E-state index contributed by atoms with van der Waals surface area (Å²) >= 11 is 0. The van der Waals surface area contributed by atoms with Crippen LogP contribution in [0.25, 0.3) is 0 Å². The van der Waals surface area contributed by atoms with E-state index in [0.29, 0.717) is 5.56 Å². The van der Waals surface area contributed by atoms with Crippen LogP contribution in [0.3, 0.4) is 0 Å². The summed E-state index contributed by atoms with van der Waals surface area (Å²) in [6.45, 7) is -0.780. The summed E-state index contributed by atoms with van der Waals surface area (Å²) in [5, 5.41) is 37.0. The molecule has 114 valence electrons. The standard InChI is InChI=1S/C14H16O7/c15-6-10(17)12(19)13(20)14-9(5-11(18)21-14)7-1-3-8(16)4-2-7/h1-4,9-10,12,14-17,19H,5-6H2/t9-,10-,12+,14-/m0/s1. The molecule has 1 aliphatic rings. The molecule has 4 atom stereocenters. The van der Waals surface area contributed by atoms with Gasteiger partial charge in [0.15, 0.2) is 6.10 Å². The molecule has 0 amide bonds. The van der Waals surface area contributed by atoms with Gasteiger partial charge in [0.25, 0.3) is 0 Å². The van der Waals surface area contributed by atoms with Crippen molar-refractivity contribution in [3.8, 4) is 5.75 Å². The van der Waals surface area contributed by atoms with Crippen LogP contribution in [0.1, 0.15) is 17.9 Å². The highest BCUT2D eigenvalue weighted by Crippen LogP contribution is 2.34. The number of carbonyl (C=O) groups is 2. The highest BCUT2D eigenvalue weighted by atomic mass is 16.6. The van der Waals surface area contributed by atoms with E-state index >= 15 is 0 Å². The van der Waals surface area contributed by atoms with Crippen LogP contribution in [-0.4, -0.2) is 57.1 Å². The number of rotatable bonds is 5. The van der Waals surface area contributed by atoms with E-state index < -0.39 is 42.6 Å². The summed E-state index contributed by atoms with van der Waals surface area (Å²) < 4.78 is 4.93. The third kappa shape index (κ3) is 3.21. The number of aliphatic hydroxyl groups is 3. The summed E-state index contributed by atoms with van der Waals surface area (Å²) in [6, 6.07) is 5.94. The number of aromatic hydroxyl groups is 1. The second-order valence-corrected chi connectivity index (χ2v) is 4.91. The van der Waals surface area contributed by atoms with Crippen molar-refractivity contribution in [3.63, 3.8) is 0 Å². The molecule has 1 saturated heterocycles. The molecule has 1 fully saturated rings. The van der Waals surface area contributed by atoms with Crippen molar-refractivity contribution in [2.45, 2.75) is 30.7 Å². The minimum absolute atomic E-state index is 0.0386. The van der Waals surface area contributed by atoms with E-state index in [1.807, 2.05) is 0 Å². The van der Waals surface area contributed by atoms with E-state index in [1.54, 1.807) is 12.1 Å². The fourth-order valence-corrected chi connectivity index (χ4v) is 2.29. The average molecular weight is 296 g/mol. The first kappa shape index (κ1) is 15.4. The number of ether oxygens (including phenoxy) is 1. The van der Waals surface area contributed by atoms with Gasteiger partial charge >= 0.3 is 5.97 Å². The van der Waals surface area contributed by atoms with Gasteiger partial charge in [-0.1, -0.05) is 12.1 Å². The maximum Gasteiger partial charge on any atom is 0.307 e. The molecular formula is C14H16O7. The summed E-state index contributed by atoms with van der Waals surface area (Å²) in [5.74, 6) is -2.01. The number of Topliss-reactive ketones (excluding diaryl/α,β-unsaturated/α-hetero) is 1. The highest BCUT2D eigenvalue weighted by molar-refractivity contribution is 5.93. The van der Waals surface area contributed by atoms with Crippen LogP contribution in [0.15, 0.2) is 24.3 Å². The highest BCUT2D eigenvalue weighted by Gasteiger charge is 2.44. The zero-order chi connectivity index (χ0) is 15.6. The zero-order valence-corrected chi connectivity index (χ0v) is 11.0. The Bertz CT molecular complexity index is 525. The molecule has 0 radical (unpaired) electrons. The van der Waals surface area contributed by atoms with Crippen molar-refractivity contribution < 1.29 is 34.8 Å². The number of esters is 1. The van der Waals surface area contributed by atoms with Gasteiger partial charge in [0, 0.05) is 5.92 Å². The number of ketones is 1. The first-order chi connectivity index (χ1) is 9.93. The van der Waals surface area contributed by atoms with Gasteiger partial charge in [-0.05, 0) is 17.7 Å². The van der Waals surface area contributed by atoms with E-state index in [2.05, 4.69) is 0 Å². The lowest BCUT2D eigenvalue weighted by atomic mass is 9.88. The number of phenolic OH excluding ortho intramolecular Hbond substituents is 1. The number of hydrogen-bond donors (Lipinski definition) is 4. The quantitative estimate of drug-likeness (QED) is 0.518. The minimum atomic E-state index is -1.83. The van der Waals surface area contributed by atoms with Crippen LogP contribution in [-0.2, 0) is 14.3 Å². The molecule has 4 N–H and O–H groups in total. The van der Waals surface area contributed by atoms with Gasteiger partial charge in [-0.25, -0.2) is 0 Å². The van der Waals surface area contributed by atoms with Crippen LogP contribution in [0, 0.1) is 0 Å². The molecule has 1 aromatic rings. The van der Waals surface area contributed by atoms with Gasteiger partial charge in [-0.2, -0.15) is 0 Å². The Morgan fingerprint density at radius 1 is 1.29 bits per heavy atom. The Hall–Kier alpha value is -1.96. The van der Waals surface area contributed by atoms with Crippen LogP contribution >= 0.6 is 0 Å². The second-order valence-electron chi connectivity index (χ2n) is 4.91. The lowest BCUT2D eigenvalue weighted by molar-refractivity contribution is -0.154. The van der Waals surface area contributed by atoms with Crippen LogP contribution in [0.5, 0.6) is 5.75 Å². The second kappa shape index (κ2) is 6.21. The first-order valence-electron chi connectivity index (χ1n) is 6.43. The van der Waals surface area contributed by atoms with E-state index in [-0.39, 0.29) is 12.2 Å². The number of cyclic esters (lactones) is 1. The minimum Gasteiger partial charge on any atom is -0.508 e. The molecule has 1 aliphatic heterocycles. The Labute approximate surface area is 120 Å². The number of hydrogen-bond acceptors (Lipinski definition) is 7. The van der Waals surface area contributed by atoms with Crippen LogP contribution in [0.2, 0.25) is 0 Å². The molecule has 0 aliphatic carbocycles. The van der Waals surface area contributed by atoms with E-state index in [4.69, 9.17) is 9.84 Å². The Balaban J connectivity index is 2.22. The number of phenols is 1. The number of aliphatic hydroxyl groups excluding tert-OH is 3. The van der Waals surface area contributed by atoms with Crippen molar-refractivity contribution in [1.82, 2.24) is 0 Å². The molecule has 0 spiro atoms. The molecule has 1 aromatic carbocycles. The Morgan fingerprint density at radius 3 is 2.48 bits per heavy atom.